The van der Waals surface area contributed by atoms with Crippen LogP contribution in [0, 0.1) is 12.7 Å². The van der Waals surface area contributed by atoms with E-state index in [4.69, 9.17) is 10.2 Å². The van der Waals surface area contributed by atoms with Crippen LogP contribution in [0.3, 0.4) is 0 Å². The van der Waals surface area contributed by atoms with Crippen LogP contribution in [-0.4, -0.2) is 13.4 Å². The second-order valence-electron chi connectivity index (χ2n) is 4.34. The summed E-state index contributed by atoms with van der Waals surface area (Å²) in [4.78, 5) is 3.41. The van der Waals surface area contributed by atoms with Crippen LogP contribution in [0.15, 0.2) is 33.7 Å². The lowest BCUT2D eigenvalue weighted by Crippen LogP contribution is -2.28. The molecule has 108 valence electrons. The molecular formula is C12H14FN3O3S. The van der Waals surface area contributed by atoms with Crippen LogP contribution < -0.4 is 10.5 Å². The number of benzene rings is 1. The van der Waals surface area contributed by atoms with Crippen LogP contribution in [0.25, 0.3) is 0 Å². The number of nitrogens with two attached hydrogens (primary N) is 1. The van der Waals surface area contributed by atoms with E-state index in [0.29, 0.717) is 5.76 Å². The summed E-state index contributed by atoms with van der Waals surface area (Å²) in [5, 5.41) is 0. The summed E-state index contributed by atoms with van der Waals surface area (Å²) in [5.74, 6) is -0.112. The normalized spacial score (nSPS) is 13.3. The lowest BCUT2D eigenvalue weighted by Gasteiger charge is -2.12. The highest BCUT2D eigenvalue weighted by molar-refractivity contribution is 7.89. The second-order valence-corrected chi connectivity index (χ2v) is 6.02. The standard InChI is InChI=1S/C12H14FN3O3S/c1-7-6-15-12(19-7)8(2)16-20(17,18)11-5-9(14)3-4-10(11)13/h3-6,8,16H,14H2,1-2H3. The third-order valence-electron chi connectivity index (χ3n) is 2.59. The van der Waals surface area contributed by atoms with Crippen molar-refractivity contribution < 1.29 is 17.2 Å². The Morgan fingerprint density at radius 1 is 1.45 bits per heavy atom. The molecule has 1 unspecified atom stereocenters. The maximum Gasteiger partial charge on any atom is 0.244 e. The van der Waals surface area contributed by atoms with Gasteiger partial charge in [-0.3, -0.25) is 0 Å². The van der Waals surface area contributed by atoms with E-state index in [1.165, 1.54) is 12.3 Å². The first-order chi connectivity index (χ1) is 9.29. The van der Waals surface area contributed by atoms with Gasteiger partial charge in [-0.05, 0) is 32.0 Å². The highest BCUT2D eigenvalue weighted by Crippen LogP contribution is 2.20. The van der Waals surface area contributed by atoms with Crippen molar-refractivity contribution in [1.82, 2.24) is 9.71 Å². The van der Waals surface area contributed by atoms with Gasteiger partial charge in [-0.25, -0.2) is 17.8 Å². The van der Waals surface area contributed by atoms with Gasteiger partial charge >= 0.3 is 0 Å². The Bertz CT molecular complexity index is 727. The molecule has 8 heteroatoms. The van der Waals surface area contributed by atoms with Gasteiger partial charge in [-0.15, -0.1) is 0 Å². The molecule has 0 aliphatic carbocycles. The molecule has 1 heterocycles. The Balaban J connectivity index is 2.29. The summed E-state index contributed by atoms with van der Waals surface area (Å²) in [7, 11) is -4.06. The van der Waals surface area contributed by atoms with Gasteiger partial charge in [0.05, 0.1) is 12.2 Å². The van der Waals surface area contributed by atoms with Crippen LogP contribution >= 0.6 is 0 Å². The lowest BCUT2D eigenvalue weighted by molar-refractivity contribution is 0.427. The molecule has 0 fully saturated rings. The van der Waals surface area contributed by atoms with E-state index in [0.717, 1.165) is 12.1 Å². The van der Waals surface area contributed by atoms with Gasteiger partial charge in [0, 0.05) is 5.69 Å². The van der Waals surface area contributed by atoms with Crippen molar-refractivity contribution >= 4 is 15.7 Å². The van der Waals surface area contributed by atoms with E-state index < -0.39 is 26.8 Å². The molecule has 0 saturated carbocycles. The molecule has 2 rings (SSSR count). The van der Waals surface area contributed by atoms with Gasteiger partial charge in [0.1, 0.15) is 16.5 Å². The summed E-state index contributed by atoms with van der Waals surface area (Å²) in [6.07, 6.45) is 1.47. The number of hydrogen-bond donors (Lipinski definition) is 2. The molecule has 0 bridgehead atoms. The minimum atomic E-state index is -4.06. The van der Waals surface area contributed by atoms with Gasteiger partial charge in [0.25, 0.3) is 0 Å². The summed E-state index contributed by atoms with van der Waals surface area (Å²) in [5.41, 5.74) is 5.64. The van der Waals surface area contributed by atoms with Crippen molar-refractivity contribution in [2.75, 3.05) is 5.73 Å². The molecule has 1 aromatic carbocycles. The fourth-order valence-corrected chi connectivity index (χ4v) is 2.95. The number of halogens is 1. The van der Waals surface area contributed by atoms with Crippen molar-refractivity contribution in [1.29, 1.82) is 0 Å². The zero-order valence-electron chi connectivity index (χ0n) is 10.9. The molecule has 0 radical (unpaired) electrons. The van der Waals surface area contributed by atoms with Crippen LogP contribution in [0.4, 0.5) is 10.1 Å². The predicted molar refractivity (Wildman–Crippen MR) is 70.8 cm³/mol. The molecule has 0 saturated heterocycles. The quantitative estimate of drug-likeness (QED) is 0.838. The van der Waals surface area contributed by atoms with E-state index in [1.807, 2.05) is 0 Å². The van der Waals surface area contributed by atoms with Gasteiger partial charge in [-0.2, -0.15) is 4.72 Å². The summed E-state index contributed by atoms with van der Waals surface area (Å²) < 4.78 is 45.4. The summed E-state index contributed by atoms with van der Waals surface area (Å²) in [6.45, 7) is 3.24. The van der Waals surface area contributed by atoms with Crippen molar-refractivity contribution in [2.45, 2.75) is 24.8 Å². The monoisotopic (exact) mass is 299 g/mol. The van der Waals surface area contributed by atoms with Crippen molar-refractivity contribution in [3.05, 3.63) is 41.9 Å². The fraction of sp³-hybridized carbons (Fsp3) is 0.250. The summed E-state index contributed by atoms with van der Waals surface area (Å²) >= 11 is 0. The van der Waals surface area contributed by atoms with Gasteiger partial charge in [0.15, 0.2) is 0 Å². The Morgan fingerprint density at radius 2 is 2.15 bits per heavy atom. The lowest BCUT2D eigenvalue weighted by atomic mass is 10.3. The molecule has 0 aliphatic heterocycles. The number of hydrogen-bond acceptors (Lipinski definition) is 5. The summed E-state index contributed by atoms with van der Waals surface area (Å²) in [6, 6.07) is 2.62. The first-order valence-electron chi connectivity index (χ1n) is 5.79. The topological polar surface area (TPSA) is 98.2 Å². The molecule has 0 amide bonds. The molecule has 1 aromatic heterocycles. The van der Waals surface area contributed by atoms with Crippen molar-refractivity contribution in [2.24, 2.45) is 0 Å². The van der Waals surface area contributed by atoms with Crippen LogP contribution in [0.2, 0.25) is 0 Å². The Kier molecular flexibility index (Phi) is 3.78. The molecular weight excluding hydrogens is 285 g/mol. The highest BCUT2D eigenvalue weighted by Gasteiger charge is 2.24. The molecule has 6 nitrogen and oxygen atoms in total. The largest absolute Gasteiger partial charge is 0.444 e. The molecule has 20 heavy (non-hydrogen) atoms. The average molecular weight is 299 g/mol. The molecule has 0 aliphatic rings. The number of oxazole rings is 1. The second kappa shape index (κ2) is 5.22. The number of rotatable bonds is 4. The van der Waals surface area contributed by atoms with E-state index in [2.05, 4.69) is 9.71 Å². The molecule has 3 N–H and O–H groups in total. The number of nitrogens with one attached hydrogen (secondary N) is 1. The SMILES string of the molecule is Cc1cnc(C(C)NS(=O)(=O)c2cc(N)ccc2F)o1. The van der Waals surface area contributed by atoms with Gasteiger partial charge in [0.2, 0.25) is 15.9 Å². The van der Waals surface area contributed by atoms with Crippen LogP contribution in [0.1, 0.15) is 24.6 Å². The van der Waals surface area contributed by atoms with Gasteiger partial charge in [-0.1, -0.05) is 0 Å². The zero-order valence-corrected chi connectivity index (χ0v) is 11.7. The fourth-order valence-electron chi connectivity index (χ4n) is 1.64. The Labute approximate surface area is 115 Å². The number of nitrogens with zero attached hydrogens (tertiary/aromatic N) is 1. The Morgan fingerprint density at radius 3 is 2.75 bits per heavy atom. The third kappa shape index (κ3) is 2.97. The number of anilines is 1. The van der Waals surface area contributed by atoms with E-state index in [9.17, 15) is 12.8 Å². The van der Waals surface area contributed by atoms with Crippen molar-refractivity contribution in [3.8, 4) is 0 Å². The maximum atomic E-state index is 13.6. The molecule has 2 aromatic rings. The molecule has 0 spiro atoms. The maximum absolute atomic E-state index is 13.6. The Hall–Kier alpha value is -1.93. The minimum absolute atomic E-state index is 0.159. The number of aryl methyl sites for hydroxylation is 1. The van der Waals surface area contributed by atoms with E-state index in [1.54, 1.807) is 13.8 Å². The smallest absolute Gasteiger partial charge is 0.244 e. The van der Waals surface area contributed by atoms with E-state index >= 15 is 0 Å². The number of aromatic nitrogens is 1. The van der Waals surface area contributed by atoms with Crippen LogP contribution in [-0.2, 0) is 10.0 Å². The van der Waals surface area contributed by atoms with E-state index in [-0.39, 0.29) is 11.6 Å². The van der Waals surface area contributed by atoms with Gasteiger partial charge < -0.3 is 10.2 Å². The predicted octanol–water partition coefficient (Wildman–Crippen LogP) is 1.74. The third-order valence-corrected chi connectivity index (χ3v) is 4.14. The first kappa shape index (κ1) is 14.5. The van der Waals surface area contributed by atoms with Crippen molar-refractivity contribution in [3.63, 3.8) is 0 Å². The average Bonchev–Trinajstić information content (AvgIpc) is 2.78. The highest BCUT2D eigenvalue weighted by atomic mass is 32.2. The number of nitrogen functional groups attached to an aromatic ring is 1. The first-order valence-corrected chi connectivity index (χ1v) is 7.27. The number of sulfonamides is 1. The van der Waals surface area contributed by atoms with Crippen LogP contribution in [0.5, 0.6) is 0 Å². The minimum Gasteiger partial charge on any atom is -0.444 e. The zero-order chi connectivity index (χ0) is 14.9. The molecule has 1 atom stereocenters.